The summed E-state index contributed by atoms with van der Waals surface area (Å²) in [5.41, 5.74) is -0.580. The number of nitrogens with one attached hydrogen (secondary N) is 2. The minimum Gasteiger partial charge on any atom is -0.496 e. The summed E-state index contributed by atoms with van der Waals surface area (Å²) >= 11 is 0. The van der Waals surface area contributed by atoms with Gasteiger partial charge in [-0.1, -0.05) is 13.3 Å². The third-order valence-corrected chi connectivity index (χ3v) is 9.47. The Kier molecular flexibility index (Phi) is 7.52. The first-order chi connectivity index (χ1) is 18.5. The molecule has 5 rings (SSSR count). The molecule has 1 aromatic carbocycles. The second-order valence-electron chi connectivity index (χ2n) is 12.4. The number of carbonyl (C=O) groups is 3. The van der Waals surface area contributed by atoms with Gasteiger partial charge in [-0.25, -0.2) is 4.39 Å². The molecule has 0 unspecified atom stereocenters. The molecule has 3 N–H and O–H groups in total. The van der Waals surface area contributed by atoms with Crippen molar-refractivity contribution in [2.24, 2.45) is 16.7 Å². The van der Waals surface area contributed by atoms with Crippen molar-refractivity contribution in [2.75, 3.05) is 13.7 Å². The average molecular weight is 547 g/mol. The van der Waals surface area contributed by atoms with Crippen molar-refractivity contribution in [3.8, 4) is 11.5 Å². The van der Waals surface area contributed by atoms with Crippen LogP contribution in [0.15, 0.2) is 12.1 Å². The Morgan fingerprint density at radius 3 is 2.36 bits per heavy atom. The van der Waals surface area contributed by atoms with E-state index in [1.54, 1.807) is 6.92 Å². The van der Waals surface area contributed by atoms with Crippen LogP contribution in [-0.2, 0) is 14.3 Å². The Labute approximate surface area is 228 Å². The van der Waals surface area contributed by atoms with Crippen molar-refractivity contribution in [3.63, 3.8) is 0 Å². The number of amides is 2. The second-order valence-corrected chi connectivity index (χ2v) is 12.4. The molecular formula is C29H39FN2O7. The molecule has 0 radical (unpaired) electrons. The zero-order valence-electron chi connectivity index (χ0n) is 22.9. The summed E-state index contributed by atoms with van der Waals surface area (Å²) in [5.74, 6) is -2.64. The van der Waals surface area contributed by atoms with Gasteiger partial charge in [0, 0.05) is 12.6 Å². The molecule has 0 spiro atoms. The number of aliphatic carboxylic acids is 1. The highest BCUT2D eigenvalue weighted by Crippen LogP contribution is 2.42. The fourth-order valence-electron chi connectivity index (χ4n) is 6.51. The van der Waals surface area contributed by atoms with Gasteiger partial charge in [0.1, 0.15) is 5.75 Å². The van der Waals surface area contributed by atoms with Crippen LogP contribution >= 0.6 is 0 Å². The monoisotopic (exact) mass is 546 g/mol. The first-order valence-corrected chi connectivity index (χ1v) is 14.0. The lowest BCUT2D eigenvalue weighted by molar-refractivity contribution is -0.150. The van der Waals surface area contributed by atoms with E-state index in [4.69, 9.17) is 14.2 Å². The lowest BCUT2D eigenvalue weighted by atomic mass is 9.70. The fourth-order valence-corrected chi connectivity index (χ4v) is 6.51. The molecule has 9 nitrogen and oxygen atoms in total. The summed E-state index contributed by atoms with van der Waals surface area (Å²) in [7, 11) is 1.36. The minimum absolute atomic E-state index is 0.0578. The highest BCUT2D eigenvalue weighted by molar-refractivity contribution is 5.98. The van der Waals surface area contributed by atoms with Crippen molar-refractivity contribution in [3.05, 3.63) is 23.5 Å². The lowest BCUT2D eigenvalue weighted by Crippen LogP contribution is -2.53. The number of halogens is 1. The van der Waals surface area contributed by atoms with Gasteiger partial charge in [-0.2, -0.15) is 0 Å². The second kappa shape index (κ2) is 10.6. The standard InChI is InChI=1S/C29H39FN2O7/c1-28(9-4-10-28)15-31-26(34)23-19-5-6-20(39-19)24(23)32-25(33)17-13-22(18(30)14-21(17)37-3)38-16-7-11-29(2,12-8-16)27(35)36/h13-14,16,19-20,23-24H,4-12,15H2,1-3H3,(H,31,34)(H,32,33)(H,35,36)/t16?,19-,20+,23+,24-,29?/m1/s1. The van der Waals surface area contributed by atoms with E-state index in [-0.39, 0.29) is 46.7 Å². The van der Waals surface area contributed by atoms with Crippen LogP contribution in [0.1, 0.15) is 82.0 Å². The topological polar surface area (TPSA) is 123 Å². The van der Waals surface area contributed by atoms with Crippen LogP contribution in [0.25, 0.3) is 0 Å². The minimum atomic E-state index is -0.843. The number of hydrogen-bond donors (Lipinski definition) is 3. The van der Waals surface area contributed by atoms with Crippen LogP contribution in [0.5, 0.6) is 11.5 Å². The molecule has 2 aliphatic heterocycles. The number of fused-ring (bicyclic) bond motifs is 2. The maximum atomic E-state index is 14.9. The molecule has 4 fully saturated rings. The van der Waals surface area contributed by atoms with Crippen LogP contribution in [0, 0.1) is 22.6 Å². The molecule has 2 saturated carbocycles. The smallest absolute Gasteiger partial charge is 0.309 e. The van der Waals surface area contributed by atoms with Gasteiger partial charge in [-0.15, -0.1) is 0 Å². The maximum absolute atomic E-state index is 14.9. The van der Waals surface area contributed by atoms with E-state index in [0.717, 1.165) is 31.7 Å². The predicted octanol–water partition coefficient (Wildman–Crippen LogP) is 3.83. The third-order valence-electron chi connectivity index (χ3n) is 9.47. The Morgan fingerprint density at radius 1 is 1.05 bits per heavy atom. The molecule has 2 bridgehead atoms. The molecule has 4 aliphatic rings. The summed E-state index contributed by atoms with van der Waals surface area (Å²) in [6, 6.07) is 1.95. The molecule has 1 aromatic rings. The first-order valence-electron chi connectivity index (χ1n) is 14.0. The van der Waals surface area contributed by atoms with E-state index in [9.17, 15) is 23.9 Å². The number of carbonyl (C=O) groups excluding carboxylic acids is 2. The van der Waals surface area contributed by atoms with Gasteiger partial charge in [0.05, 0.1) is 48.4 Å². The Morgan fingerprint density at radius 2 is 1.74 bits per heavy atom. The van der Waals surface area contributed by atoms with Crippen LogP contribution in [0.3, 0.4) is 0 Å². The van der Waals surface area contributed by atoms with E-state index in [2.05, 4.69) is 17.6 Å². The molecule has 2 amide bonds. The number of carboxylic acids is 1. The Hall–Kier alpha value is -2.88. The normalized spacial score (nSPS) is 32.7. The van der Waals surface area contributed by atoms with E-state index >= 15 is 0 Å². The van der Waals surface area contributed by atoms with Gasteiger partial charge in [-0.05, 0) is 69.8 Å². The Bertz CT molecular complexity index is 1130. The van der Waals surface area contributed by atoms with Gasteiger partial charge >= 0.3 is 5.97 Å². The number of hydrogen-bond acceptors (Lipinski definition) is 6. The van der Waals surface area contributed by atoms with Crippen LogP contribution in [-0.4, -0.2) is 60.9 Å². The number of ether oxygens (including phenoxy) is 3. The van der Waals surface area contributed by atoms with Crippen LogP contribution < -0.4 is 20.1 Å². The van der Waals surface area contributed by atoms with Crippen molar-refractivity contribution in [2.45, 2.75) is 96.0 Å². The summed E-state index contributed by atoms with van der Waals surface area (Å²) in [6.45, 7) is 4.49. The predicted molar refractivity (Wildman–Crippen MR) is 139 cm³/mol. The Balaban J connectivity index is 1.28. The SMILES string of the molecule is COc1cc(F)c(OC2CCC(C)(C(=O)O)CC2)cc1C(=O)N[C@H]1[C@@H](C(=O)NCC2(C)CCC2)[C@H]2CC[C@@H]1O2. The van der Waals surface area contributed by atoms with Crippen molar-refractivity contribution in [1.29, 1.82) is 0 Å². The van der Waals surface area contributed by atoms with E-state index < -0.39 is 35.1 Å². The lowest BCUT2D eigenvalue weighted by Gasteiger charge is -2.39. The van der Waals surface area contributed by atoms with Gasteiger partial charge in [0.15, 0.2) is 11.6 Å². The number of carboxylic acid groups (broad SMARTS) is 1. The van der Waals surface area contributed by atoms with E-state index in [1.807, 2.05) is 0 Å². The third kappa shape index (κ3) is 5.44. The molecule has 2 saturated heterocycles. The van der Waals surface area contributed by atoms with Crippen LogP contribution in [0.2, 0.25) is 0 Å². The van der Waals surface area contributed by atoms with Crippen LogP contribution in [0.4, 0.5) is 4.39 Å². The van der Waals surface area contributed by atoms with Gasteiger partial charge in [0.2, 0.25) is 5.91 Å². The van der Waals surface area contributed by atoms with E-state index in [1.165, 1.54) is 19.6 Å². The zero-order valence-corrected chi connectivity index (χ0v) is 22.9. The summed E-state index contributed by atoms with van der Waals surface area (Å²) < 4.78 is 32.2. The van der Waals surface area contributed by atoms with Crippen molar-refractivity contribution in [1.82, 2.24) is 10.6 Å². The molecule has 0 aromatic heterocycles. The molecule has 4 atom stereocenters. The number of methoxy groups -OCH3 is 1. The summed E-state index contributed by atoms with van der Waals surface area (Å²) in [6.07, 6.45) is 5.79. The quantitative estimate of drug-likeness (QED) is 0.430. The maximum Gasteiger partial charge on any atom is 0.309 e. The largest absolute Gasteiger partial charge is 0.496 e. The van der Waals surface area contributed by atoms with Gasteiger partial charge in [0.25, 0.3) is 5.91 Å². The molecule has 214 valence electrons. The van der Waals surface area contributed by atoms with E-state index in [0.29, 0.717) is 32.2 Å². The highest BCUT2D eigenvalue weighted by Gasteiger charge is 2.53. The van der Waals surface area contributed by atoms with Gasteiger partial charge in [-0.3, -0.25) is 14.4 Å². The number of rotatable bonds is 9. The first kappa shape index (κ1) is 27.7. The molecule has 2 heterocycles. The zero-order chi connectivity index (χ0) is 27.9. The molecule has 10 heteroatoms. The summed E-state index contributed by atoms with van der Waals surface area (Å²) in [5, 5.41) is 15.5. The fraction of sp³-hybridized carbons (Fsp3) is 0.690. The van der Waals surface area contributed by atoms with Gasteiger partial charge < -0.3 is 30.0 Å². The average Bonchev–Trinajstić information content (AvgIpc) is 3.50. The molecule has 39 heavy (non-hydrogen) atoms. The summed E-state index contributed by atoms with van der Waals surface area (Å²) in [4.78, 5) is 38.2. The van der Waals surface area contributed by atoms with Crippen molar-refractivity contribution < 1.29 is 38.1 Å². The van der Waals surface area contributed by atoms with Crippen molar-refractivity contribution >= 4 is 17.8 Å². The highest BCUT2D eigenvalue weighted by atomic mass is 19.1. The number of benzene rings is 1. The molecular weight excluding hydrogens is 507 g/mol. The molecule has 2 aliphatic carbocycles.